The molecular formula is C31H48FN3O. The number of benzene rings is 1. The number of anilines is 1. The molecule has 1 aliphatic heterocycles. The molecule has 4 aliphatic rings. The van der Waals surface area contributed by atoms with Crippen LogP contribution in [0.1, 0.15) is 102 Å². The number of carbonyl (C=O) groups excluding carboxylic acids is 1. The maximum Gasteiger partial charge on any atom is 0.241 e. The van der Waals surface area contributed by atoms with Crippen LogP contribution in [0.15, 0.2) is 24.3 Å². The third-order valence-corrected chi connectivity index (χ3v) is 10.5. The van der Waals surface area contributed by atoms with Crippen LogP contribution in [0.4, 0.5) is 10.1 Å². The van der Waals surface area contributed by atoms with Crippen LogP contribution in [0, 0.1) is 17.3 Å². The molecule has 3 saturated carbocycles. The molecule has 1 amide bonds. The molecule has 1 saturated heterocycles. The first-order chi connectivity index (χ1) is 17.4. The highest BCUT2D eigenvalue weighted by atomic mass is 19.1. The summed E-state index contributed by atoms with van der Waals surface area (Å²) in [6, 6.07) is 8.90. The number of amides is 1. The molecule has 4 nitrogen and oxygen atoms in total. The lowest BCUT2D eigenvalue weighted by Crippen LogP contribution is -2.55. The van der Waals surface area contributed by atoms with Crippen LogP contribution in [0.2, 0.25) is 0 Å². The van der Waals surface area contributed by atoms with Gasteiger partial charge in [0.15, 0.2) is 0 Å². The minimum atomic E-state index is -0.802. The molecule has 5 rings (SSSR count). The van der Waals surface area contributed by atoms with Crippen molar-refractivity contribution in [3.05, 3.63) is 29.8 Å². The quantitative estimate of drug-likeness (QED) is 0.478. The summed E-state index contributed by atoms with van der Waals surface area (Å²) in [4.78, 5) is 15.9. The van der Waals surface area contributed by atoms with E-state index in [1.54, 1.807) is 0 Å². The Morgan fingerprint density at radius 2 is 1.78 bits per heavy atom. The van der Waals surface area contributed by atoms with Gasteiger partial charge in [-0.05, 0) is 101 Å². The standard InChI is InChI=1S/C31H48FN3O/c1-21-14-17-28(32)31(24-11-7-5-4-6-8-12-24)20-27(34-29(21)31)30(36)33-25-13-9-10-22(18-25)23-15-16-26(19-23)35(2)3/h9-10,13,18,21,23-24,26-29,34H,4-8,11-12,14-17,19-20H2,1-3H3,(H,33,36)/t21?,23-,26+,27?,28?,29?,31?/m1/s1. The zero-order valence-electron chi connectivity index (χ0n) is 22.8. The second kappa shape index (κ2) is 11.1. The number of alkyl halides is 1. The van der Waals surface area contributed by atoms with Crippen LogP contribution >= 0.6 is 0 Å². The highest BCUT2D eigenvalue weighted by Crippen LogP contribution is 2.56. The van der Waals surface area contributed by atoms with Gasteiger partial charge in [0.2, 0.25) is 5.91 Å². The second-order valence-corrected chi connectivity index (χ2v) is 12.8. The van der Waals surface area contributed by atoms with Crippen LogP contribution < -0.4 is 10.6 Å². The number of carbonyl (C=O) groups is 1. The Morgan fingerprint density at radius 3 is 2.50 bits per heavy atom. The minimum Gasteiger partial charge on any atom is -0.325 e. The first kappa shape index (κ1) is 26.2. The fourth-order valence-corrected chi connectivity index (χ4v) is 8.44. The monoisotopic (exact) mass is 497 g/mol. The molecule has 0 bridgehead atoms. The molecule has 200 valence electrons. The summed E-state index contributed by atoms with van der Waals surface area (Å²) in [6.45, 7) is 2.27. The van der Waals surface area contributed by atoms with Crippen molar-refractivity contribution in [1.82, 2.24) is 10.2 Å². The van der Waals surface area contributed by atoms with E-state index >= 15 is 4.39 Å². The number of nitrogens with zero attached hydrogens (tertiary/aromatic N) is 1. The molecule has 36 heavy (non-hydrogen) atoms. The summed E-state index contributed by atoms with van der Waals surface area (Å²) < 4.78 is 16.0. The highest BCUT2D eigenvalue weighted by Gasteiger charge is 2.60. The van der Waals surface area contributed by atoms with Crippen molar-refractivity contribution in [3.63, 3.8) is 0 Å². The molecule has 7 atom stereocenters. The number of fused-ring (bicyclic) bond motifs is 1. The van der Waals surface area contributed by atoms with Gasteiger partial charge in [-0.25, -0.2) is 4.39 Å². The predicted molar refractivity (Wildman–Crippen MR) is 146 cm³/mol. The fourth-order valence-electron chi connectivity index (χ4n) is 8.44. The average molecular weight is 498 g/mol. The SMILES string of the molecule is CC1CCC(F)C2(C3CCCCCCC3)CC(C(=O)Nc3cccc([C@@H]4CC[C@H](N(C)C)C4)c3)NC12. The lowest BCUT2D eigenvalue weighted by atomic mass is 9.56. The average Bonchev–Trinajstić information content (AvgIpc) is 3.49. The molecule has 1 aromatic carbocycles. The Balaban J connectivity index is 1.31. The van der Waals surface area contributed by atoms with Gasteiger partial charge in [-0.1, -0.05) is 51.2 Å². The Bertz CT molecular complexity index is 898. The van der Waals surface area contributed by atoms with E-state index in [1.807, 2.05) is 6.07 Å². The molecular weight excluding hydrogens is 449 g/mol. The normalized spacial score (nSPS) is 37.9. The topological polar surface area (TPSA) is 44.4 Å². The number of rotatable bonds is 5. The molecule has 0 spiro atoms. The van der Waals surface area contributed by atoms with Crippen molar-refractivity contribution < 1.29 is 9.18 Å². The number of hydrogen-bond donors (Lipinski definition) is 2. The van der Waals surface area contributed by atoms with Gasteiger partial charge in [0.25, 0.3) is 0 Å². The van der Waals surface area contributed by atoms with Crippen LogP contribution in [-0.2, 0) is 4.79 Å². The Hall–Kier alpha value is -1.46. The van der Waals surface area contributed by atoms with Gasteiger partial charge in [-0.2, -0.15) is 0 Å². The van der Waals surface area contributed by atoms with Crippen molar-refractivity contribution in [2.75, 3.05) is 19.4 Å². The summed E-state index contributed by atoms with van der Waals surface area (Å²) in [5.41, 5.74) is 1.82. The Morgan fingerprint density at radius 1 is 1.03 bits per heavy atom. The van der Waals surface area contributed by atoms with Gasteiger partial charge in [-0.15, -0.1) is 0 Å². The first-order valence-corrected chi connectivity index (χ1v) is 14.9. The maximum atomic E-state index is 16.0. The summed E-state index contributed by atoms with van der Waals surface area (Å²) >= 11 is 0. The molecule has 1 aromatic rings. The van der Waals surface area contributed by atoms with E-state index in [2.05, 4.69) is 54.8 Å². The van der Waals surface area contributed by atoms with E-state index < -0.39 is 6.17 Å². The summed E-state index contributed by atoms with van der Waals surface area (Å²) in [6.07, 6.45) is 13.5. The molecule has 2 N–H and O–H groups in total. The van der Waals surface area contributed by atoms with E-state index in [-0.39, 0.29) is 23.4 Å². The lowest BCUT2D eigenvalue weighted by Gasteiger charge is -2.50. The van der Waals surface area contributed by atoms with Crippen molar-refractivity contribution in [1.29, 1.82) is 0 Å². The van der Waals surface area contributed by atoms with E-state index in [9.17, 15) is 4.79 Å². The molecule has 5 heteroatoms. The zero-order chi connectivity index (χ0) is 25.3. The molecule has 0 aromatic heterocycles. The largest absolute Gasteiger partial charge is 0.325 e. The predicted octanol–water partition coefficient (Wildman–Crippen LogP) is 6.67. The minimum absolute atomic E-state index is 0.0174. The Kier molecular flexibility index (Phi) is 8.07. The second-order valence-electron chi connectivity index (χ2n) is 12.8. The molecule has 3 aliphatic carbocycles. The lowest BCUT2D eigenvalue weighted by molar-refractivity contribution is -0.118. The third-order valence-electron chi connectivity index (χ3n) is 10.5. The van der Waals surface area contributed by atoms with Crippen molar-refractivity contribution in [2.24, 2.45) is 17.3 Å². The van der Waals surface area contributed by atoms with Crippen LogP contribution in [0.3, 0.4) is 0 Å². The smallest absolute Gasteiger partial charge is 0.241 e. The summed E-state index contributed by atoms with van der Waals surface area (Å²) in [5, 5.41) is 6.93. The molecule has 0 radical (unpaired) electrons. The van der Waals surface area contributed by atoms with Gasteiger partial charge in [-0.3, -0.25) is 4.79 Å². The maximum absolute atomic E-state index is 16.0. The van der Waals surface area contributed by atoms with Crippen LogP contribution in [0.25, 0.3) is 0 Å². The summed E-state index contributed by atoms with van der Waals surface area (Å²) in [5.74, 6) is 1.37. The van der Waals surface area contributed by atoms with E-state index in [0.717, 1.165) is 24.9 Å². The number of halogens is 1. The van der Waals surface area contributed by atoms with Gasteiger partial charge < -0.3 is 15.5 Å². The van der Waals surface area contributed by atoms with Crippen molar-refractivity contribution in [3.8, 4) is 0 Å². The van der Waals surface area contributed by atoms with E-state index in [0.29, 0.717) is 36.6 Å². The summed E-state index contributed by atoms with van der Waals surface area (Å²) in [7, 11) is 4.34. The van der Waals surface area contributed by atoms with Crippen LogP contribution in [-0.4, -0.2) is 49.2 Å². The Labute approximate surface area is 218 Å². The van der Waals surface area contributed by atoms with Gasteiger partial charge >= 0.3 is 0 Å². The highest BCUT2D eigenvalue weighted by molar-refractivity contribution is 5.95. The van der Waals surface area contributed by atoms with Crippen molar-refractivity contribution >= 4 is 11.6 Å². The molecule has 4 fully saturated rings. The van der Waals surface area contributed by atoms with Gasteiger partial charge in [0.1, 0.15) is 6.17 Å². The third kappa shape index (κ3) is 5.12. The van der Waals surface area contributed by atoms with E-state index in [4.69, 9.17) is 0 Å². The fraction of sp³-hybridized carbons (Fsp3) is 0.774. The van der Waals surface area contributed by atoms with Gasteiger partial charge in [0.05, 0.1) is 6.04 Å². The molecule has 5 unspecified atom stereocenters. The van der Waals surface area contributed by atoms with Crippen molar-refractivity contribution in [2.45, 2.75) is 121 Å². The van der Waals surface area contributed by atoms with Gasteiger partial charge in [0, 0.05) is 23.2 Å². The van der Waals surface area contributed by atoms with Crippen LogP contribution in [0.5, 0.6) is 0 Å². The number of hydrogen-bond acceptors (Lipinski definition) is 3. The zero-order valence-corrected chi connectivity index (χ0v) is 22.8. The number of nitrogens with one attached hydrogen (secondary N) is 2. The molecule has 1 heterocycles. The first-order valence-electron chi connectivity index (χ1n) is 14.9. The van der Waals surface area contributed by atoms with E-state index in [1.165, 1.54) is 56.9 Å².